The van der Waals surface area contributed by atoms with Gasteiger partial charge in [0.1, 0.15) is 0 Å². The SMILES string of the molecule is O=S(=O)(O)c1cc2ccc3ccccc3c2[nH]1. The van der Waals surface area contributed by atoms with Gasteiger partial charge >= 0.3 is 10.1 Å². The molecule has 1 aromatic heterocycles. The van der Waals surface area contributed by atoms with Crippen LogP contribution < -0.4 is 0 Å². The van der Waals surface area contributed by atoms with E-state index in [-0.39, 0.29) is 5.03 Å². The van der Waals surface area contributed by atoms with E-state index in [4.69, 9.17) is 4.55 Å². The summed E-state index contributed by atoms with van der Waals surface area (Å²) >= 11 is 0. The van der Waals surface area contributed by atoms with E-state index in [1.54, 1.807) is 0 Å². The molecule has 0 saturated heterocycles. The van der Waals surface area contributed by atoms with Gasteiger partial charge in [-0.3, -0.25) is 4.55 Å². The van der Waals surface area contributed by atoms with Gasteiger partial charge in [-0.25, -0.2) is 0 Å². The Kier molecular flexibility index (Phi) is 2.01. The van der Waals surface area contributed by atoms with E-state index < -0.39 is 10.1 Å². The molecule has 0 spiro atoms. The van der Waals surface area contributed by atoms with Gasteiger partial charge in [-0.2, -0.15) is 8.42 Å². The molecule has 3 rings (SSSR count). The van der Waals surface area contributed by atoms with Gasteiger partial charge < -0.3 is 4.98 Å². The number of aromatic amines is 1. The number of H-pyrrole nitrogens is 1. The topological polar surface area (TPSA) is 70.2 Å². The van der Waals surface area contributed by atoms with E-state index in [0.717, 1.165) is 21.7 Å². The molecular weight excluding hydrogens is 238 g/mol. The molecule has 0 saturated carbocycles. The second kappa shape index (κ2) is 3.32. The fraction of sp³-hybridized carbons (Fsp3) is 0. The lowest BCUT2D eigenvalue weighted by Gasteiger charge is -1.98. The van der Waals surface area contributed by atoms with Crippen molar-refractivity contribution in [2.75, 3.05) is 0 Å². The molecule has 17 heavy (non-hydrogen) atoms. The lowest BCUT2D eigenvalue weighted by atomic mass is 10.1. The predicted octanol–water partition coefficient (Wildman–Crippen LogP) is 2.57. The number of benzene rings is 2. The Balaban J connectivity index is 2.47. The number of fused-ring (bicyclic) bond motifs is 3. The molecule has 0 radical (unpaired) electrons. The number of hydrogen-bond acceptors (Lipinski definition) is 2. The van der Waals surface area contributed by atoms with Crippen molar-refractivity contribution >= 4 is 31.8 Å². The Hall–Kier alpha value is -1.85. The molecular formula is C12H9NO3S. The summed E-state index contributed by atoms with van der Waals surface area (Å²) in [4.78, 5) is 2.74. The number of hydrogen-bond donors (Lipinski definition) is 2. The molecule has 0 fully saturated rings. The number of nitrogens with one attached hydrogen (secondary N) is 1. The summed E-state index contributed by atoms with van der Waals surface area (Å²) in [6.07, 6.45) is 0. The quantitative estimate of drug-likeness (QED) is 0.649. The van der Waals surface area contributed by atoms with E-state index in [1.807, 2.05) is 36.4 Å². The Morgan fingerprint density at radius 3 is 2.47 bits per heavy atom. The van der Waals surface area contributed by atoms with Gasteiger partial charge in [0.25, 0.3) is 0 Å². The van der Waals surface area contributed by atoms with Crippen molar-refractivity contribution in [3.05, 3.63) is 42.5 Å². The van der Waals surface area contributed by atoms with Crippen molar-refractivity contribution in [2.45, 2.75) is 5.03 Å². The Bertz CT molecular complexity index is 818. The summed E-state index contributed by atoms with van der Waals surface area (Å²) in [7, 11) is -4.19. The number of aromatic nitrogens is 1. The lowest BCUT2D eigenvalue weighted by Crippen LogP contribution is -1.97. The molecule has 0 bridgehead atoms. The molecule has 3 aromatic rings. The third-order valence-electron chi connectivity index (χ3n) is 2.77. The fourth-order valence-electron chi connectivity index (χ4n) is 1.99. The highest BCUT2D eigenvalue weighted by Crippen LogP contribution is 2.26. The van der Waals surface area contributed by atoms with Crippen molar-refractivity contribution in [3.63, 3.8) is 0 Å². The minimum Gasteiger partial charge on any atom is -0.343 e. The standard InChI is InChI=1S/C12H9NO3S/c14-17(15,16)11-7-9-6-5-8-3-1-2-4-10(8)12(9)13-11/h1-7,13H,(H,14,15,16). The molecule has 86 valence electrons. The Morgan fingerprint density at radius 1 is 1.00 bits per heavy atom. The van der Waals surface area contributed by atoms with Crippen LogP contribution in [0.3, 0.4) is 0 Å². The molecule has 0 aliphatic rings. The van der Waals surface area contributed by atoms with E-state index in [2.05, 4.69) is 4.98 Å². The zero-order chi connectivity index (χ0) is 12.0. The highest BCUT2D eigenvalue weighted by Gasteiger charge is 2.13. The maximum atomic E-state index is 11.1. The van der Waals surface area contributed by atoms with Gasteiger partial charge in [-0.05, 0) is 11.5 Å². The van der Waals surface area contributed by atoms with Gasteiger partial charge in [0, 0.05) is 10.8 Å². The van der Waals surface area contributed by atoms with Gasteiger partial charge in [0.2, 0.25) is 0 Å². The highest BCUT2D eigenvalue weighted by atomic mass is 32.2. The second-order valence-corrected chi connectivity index (χ2v) is 5.25. The molecule has 5 heteroatoms. The van der Waals surface area contributed by atoms with E-state index >= 15 is 0 Å². The van der Waals surface area contributed by atoms with E-state index in [0.29, 0.717) is 0 Å². The Labute approximate surface area is 97.6 Å². The zero-order valence-electron chi connectivity index (χ0n) is 8.71. The van der Waals surface area contributed by atoms with E-state index in [1.165, 1.54) is 6.07 Å². The van der Waals surface area contributed by atoms with Crippen molar-refractivity contribution in [2.24, 2.45) is 0 Å². The minimum atomic E-state index is -4.19. The van der Waals surface area contributed by atoms with Crippen LogP contribution >= 0.6 is 0 Å². The third-order valence-corrected chi connectivity index (χ3v) is 3.55. The van der Waals surface area contributed by atoms with Gasteiger partial charge in [0.15, 0.2) is 5.03 Å². The van der Waals surface area contributed by atoms with Crippen LogP contribution in [0, 0.1) is 0 Å². The van der Waals surface area contributed by atoms with Gasteiger partial charge in [-0.1, -0.05) is 36.4 Å². The summed E-state index contributed by atoms with van der Waals surface area (Å²) in [5, 5.41) is 2.53. The van der Waals surface area contributed by atoms with Crippen LogP contribution in [-0.2, 0) is 10.1 Å². The van der Waals surface area contributed by atoms with Crippen LogP contribution in [0.15, 0.2) is 47.5 Å². The van der Waals surface area contributed by atoms with Crippen LogP contribution in [-0.4, -0.2) is 18.0 Å². The lowest BCUT2D eigenvalue weighted by molar-refractivity contribution is 0.480. The molecule has 0 aliphatic carbocycles. The molecule has 4 nitrogen and oxygen atoms in total. The smallest absolute Gasteiger partial charge is 0.310 e. The summed E-state index contributed by atoms with van der Waals surface area (Å²) in [6, 6.07) is 12.8. The molecule has 0 amide bonds. The third kappa shape index (κ3) is 1.60. The van der Waals surface area contributed by atoms with Crippen LogP contribution in [0.4, 0.5) is 0 Å². The molecule has 0 aliphatic heterocycles. The number of rotatable bonds is 1. The first-order valence-corrected chi connectivity index (χ1v) is 6.48. The average molecular weight is 247 g/mol. The van der Waals surface area contributed by atoms with E-state index in [9.17, 15) is 8.42 Å². The largest absolute Gasteiger partial charge is 0.343 e. The maximum Gasteiger partial charge on any atom is 0.310 e. The monoisotopic (exact) mass is 247 g/mol. The average Bonchev–Trinajstić information content (AvgIpc) is 2.72. The minimum absolute atomic E-state index is 0.177. The maximum absolute atomic E-state index is 11.1. The van der Waals surface area contributed by atoms with Crippen LogP contribution in [0.25, 0.3) is 21.7 Å². The van der Waals surface area contributed by atoms with Crippen LogP contribution in [0.2, 0.25) is 0 Å². The Morgan fingerprint density at radius 2 is 1.71 bits per heavy atom. The van der Waals surface area contributed by atoms with Crippen molar-refractivity contribution in [1.29, 1.82) is 0 Å². The first-order valence-electron chi connectivity index (χ1n) is 5.04. The summed E-state index contributed by atoms with van der Waals surface area (Å²) in [6.45, 7) is 0. The van der Waals surface area contributed by atoms with Gasteiger partial charge in [0.05, 0.1) is 5.52 Å². The van der Waals surface area contributed by atoms with Crippen LogP contribution in [0.1, 0.15) is 0 Å². The summed E-state index contributed by atoms with van der Waals surface area (Å²) in [5.41, 5.74) is 0.718. The summed E-state index contributed by atoms with van der Waals surface area (Å²) in [5.74, 6) is 0. The highest BCUT2D eigenvalue weighted by molar-refractivity contribution is 7.85. The first kappa shape index (κ1) is 10.3. The molecule has 0 atom stereocenters. The zero-order valence-corrected chi connectivity index (χ0v) is 9.53. The van der Waals surface area contributed by atoms with Crippen LogP contribution in [0.5, 0.6) is 0 Å². The van der Waals surface area contributed by atoms with Crippen molar-refractivity contribution in [3.8, 4) is 0 Å². The fourth-order valence-corrected chi connectivity index (χ4v) is 2.49. The molecule has 2 N–H and O–H groups in total. The predicted molar refractivity (Wildman–Crippen MR) is 65.6 cm³/mol. The summed E-state index contributed by atoms with van der Waals surface area (Å²) < 4.78 is 31.1. The molecule has 2 aromatic carbocycles. The van der Waals surface area contributed by atoms with Gasteiger partial charge in [-0.15, -0.1) is 0 Å². The van der Waals surface area contributed by atoms with Crippen molar-refractivity contribution in [1.82, 2.24) is 4.98 Å². The normalized spacial score (nSPS) is 12.3. The molecule has 1 heterocycles. The first-order chi connectivity index (χ1) is 8.05. The second-order valence-electron chi connectivity index (χ2n) is 3.86. The molecule has 0 unspecified atom stereocenters. The van der Waals surface area contributed by atoms with Crippen molar-refractivity contribution < 1.29 is 13.0 Å².